The quantitative estimate of drug-likeness (QED) is 0.451. The fourth-order valence-corrected chi connectivity index (χ4v) is 1.15. The molecule has 0 heterocycles. The summed E-state index contributed by atoms with van der Waals surface area (Å²) in [6.45, 7) is 0. The van der Waals surface area contributed by atoms with Gasteiger partial charge in [0.2, 0.25) is 0 Å². The maximum atomic E-state index is 13.1. The largest absolute Gasteiger partial charge is 0.397 e. The van der Waals surface area contributed by atoms with Crippen molar-refractivity contribution in [2.45, 2.75) is 0 Å². The molecule has 13 heavy (non-hydrogen) atoms. The van der Waals surface area contributed by atoms with E-state index in [1.54, 1.807) is 0 Å². The van der Waals surface area contributed by atoms with Crippen LogP contribution < -0.4 is 5.73 Å². The lowest BCUT2D eigenvalue weighted by molar-refractivity contribution is 0.213. The Morgan fingerprint density at radius 3 is 2.85 bits per heavy atom. The van der Waals surface area contributed by atoms with Crippen molar-refractivity contribution in [1.29, 1.82) is 0 Å². The molecule has 0 saturated heterocycles. The molecule has 3 nitrogen and oxygen atoms in total. The molecular weight excluding hydrogens is 195 g/mol. The molecule has 5 heteroatoms. The van der Waals surface area contributed by atoms with Gasteiger partial charge in [-0.3, -0.25) is 0 Å². The number of amidine groups is 1. The Morgan fingerprint density at radius 1 is 1.62 bits per heavy atom. The maximum Gasteiger partial charge on any atom is 0.174 e. The van der Waals surface area contributed by atoms with E-state index in [0.29, 0.717) is 0 Å². The molecule has 1 aromatic carbocycles. The molecule has 70 valence electrons. The van der Waals surface area contributed by atoms with Crippen LogP contribution in [0.3, 0.4) is 0 Å². The van der Waals surface area contributed by atoms with Crippen molar-refractivity contribution in [3.8, 4) is 0 Å². The number of rotatable bonds is 2. The van der Waals surface area contributed by atoms with Crippen molar-refractivity contribution in [1.82, 2.24) is 0 Å². The van der Waals surface area contributed by atoms with Crippen molar-refractivity contribution in [2.75, 3.05) is 7.11 Å². The number of hydrogen-bond donors (Lipinski definition) is 1. The van der Waals surface area contributed by atoms with E-state index in [0.717, 1.165) is 0 Å². The van der Waals surface area contributed by atoms with E-state index in [2.05, 4.69) is 9.99 Å². The number of hydrogen-bond acceptors (Lipinski definition) is 2. The molecular formula is C8H8ClFN2O. The molecule has 0 unspecified atom stereocenters. The summed E-state index contributed by atoms with van der Waals surface area (Å²) < 4.78 is 13.1. The van der Waals surface area contributed by atoms with Gasteiger partial charge in [0, 0.05) is 0 Å². The minimum atomic E-state index is -0.522. The molecule has 0 aliphatic rings. The summed E-state index contributed by atoms with van der Waals surface area (Å²) in [5.41, 5.74) is 5.47. The molecule has 0 radical (unpaired) electrons. The standard InChI is InChI=1S/C8H8ClFN2O/c1-13-12-8(11)7-5(9)3-2-4-6(7)10/h2-4H,1H3,(H2,11,12). The predicted molar refractivity (Wildman–Crippen MR) is 49.1 cm³/mol. The van der Waals surface area contributed by atoms with Gasteiger partial charge in [-0.05, 0) is 12.1 Å². The Balaban J connectivity index is 3.20. The number of halogens is 2. The third-order valence-corrected chi connectivity index (χ3v) is 1.72. The predicted octanol–water partition coefficient (Wildman–Crippen LogP) is 1.75. The third kappa shape index (κ3) is 2.09. The lowest BCUT2D eigenvalue weighted by Gasteiger charge is -2.03. The van der Waals surface area contributed by atoms with Crippen LogP contribution in [0.15, 0.2) is 23.4 Å². The van der Waals surface area contributed by atoms with E-state index in [-0.39, 0.29) is 16.4 Å². The van der Waals surface area contributed by atoms with Crippen LogP contribution in [0.1, 0.15) is 5.56 Å². The zero-order valence-electron chi connectivity index (χ0n) is 6.92. The third-order valence-electron chi connectivity index (χ3n) is 1.41. The van der Waals surface area contributed by atoms with Crippen LogP contribution in [0, 0.1) is 5.82 Å². The Hall–Kier alpha value is -1.29. The van der Waals surface area contributed by atoms with Gasteiger partial charge in [-0.2, -0.15) is 0 Å². The van der Waals surface area contributed by atoms with Crippen molar-refractivity contribution in [3.63, 3.8) is 0 Å². The van der Waals surface area contributed by atoms with Gasteiger partial charge in [0.1, 0.15) is 12.9 Å². The number of benzene rings is 1. The number of oxime groups is 1. The van der Waals surface area contributed by atoms with E-state index in [4.69, 9.17) is 17.3 Å². The van der Waals surface area contributed by atoms with E-state index < -0.39 is 5.82 Å². The SMILES string of the molecule is CO/N=C(\N)c1c(F)cccc1Cl. The number of nitrogens with zero attached hydrogens (tertiary/aromatic N) is 1. The molecule has 0 aliphatic heterocycles. The Labute approximate surface area is 79.9 Å². The van der Waals surface area contributed by atoms with E-state index >= 15 is 0 Å². The average Bonchev–Trinajstić information content (AvgIpc) is 2.04. The Bertz CT molecular complexity index is 321. The van der Waals surface area contributed by atoms with E-state index in [9.17, 15) is 4.39 Å². The van der Waals surface area contributed by atoms with Crippen LogP contribution >= 0.6 is 11.6 Å². The Kier molecular flexibility index (Phi) is 3.08. The fourth-order valence-electron chi connectivity index (χ4n) is 0.887. The minimum absolute atomic E-state index is 0.0611. The smallest absolute Gasteiger partial charge is 0.174 e. The van der Waals surface area contributed by atoms with Crippen LogP contribution in [0.25, 0.3) is 0 Å². The molecule has 1 aromatic rings. The van der Waals surface area contributed by atoms with Gasteiger partial charge in [0.15, 0.2) is 5.84 Å². The highest BCUT2D eigenvalue weighted by Gasteiger charge is 2.10. The van der Waals surface area contributed by atoms with E-state index in [1.165, 1.54) is 25.3 Å². The van der Waals surface area contributed by atoms with Crippen LogP contribution in [-0.4, -0.2) is 12.9 Å². The lowest BCUT2D eigenvalue weighted by atomic mass is 10.2. The minimum Gasteiger partial charge on any atom is -0.397 e. The highest BCUT2D eigenvalue weighted by Crippen LogP contribution is 2.18. The van der Waals surface area contributed by atoms with Gasteiger partial charge < -0.3 is 10.6 Å². The number of nitrogens with two attached hydrogens (primary N) is 1. The molecule has 0 fully saturated rings. The maximum absolute atomic E-state index is 13.1. The van der Waals surface area contributed by atoms with Gasteiger partial charge in [0.05, 0.1) is 10.6 Å². The second-order valence-electron chi connectivity index (χ2n) is 2.26. The van der Waals surface area contributed by atoms with Gasteiger partial charge in [0.25, 0.3) is 0 Å². The second kappa shape index (κ2) is 4.09. The first-order chi connectivity index (χ1) is 6.16. The van der Waals surface area contributed by atoms with Crippen LogP contribution in [0.4, 0.5) is 4.39 Å². The summed E-state index contributed by atoms with van der Waals surface area (Å²) in [5, 5.41) is 3.59. The highest BCUT2D eigenvalue weighted by molar-refractivity contribution is 6.34. The van der Waals surface area contributed by atoms with Crippen molar-refractivity contribution in [3.05, 3.63) is 34.6 Å². The molecule has 0 spiro atoms. The summed E-state index contributed by atoms with van der Waals surface area (Å²) >= 11 is 5.70. The van der Waals surface area contributed by atoms with Crippen molar-refractivity contribution < 1.29 is 9.23 Å². The monoisotopic (exact) mass is 202 g/mol. The highest BCUT2D eigenvalue weighted by atomic mass is 35.5. The second-order valence-corrected chi connectivity index (χ2v) is 2.66. The zero-order valence-corrected chi connectivity index (χ0v) is 7.68. The van der Waals surface area contributed by atoms with Gasteiger partial charge >= 0.3 is 0 Å². The summed E-state index contributed by atoms with van der Waals surface area (Å²) in [4.78, 5) is 4.41. The van der Waals surface area contributed by atoms with Crippen LogP contribution in [0.2, 0.25) is 5.02 Å². The molecule has 0 bridgehead atoms. The molecule has 0 aromatic heterocycles. The molecule has 1 rings (SSSR count). The van der Waals surface area contributed by atoms with Crippen LogP contribution in [0.5, 0.6) is 0 Å². The lowest BCUT2D eigenvalue weighted by Crippen LogP contribution is -2.16. The molecule has 0 amide bonds. The average molecular weight is 203 g/mol. The first kappa shape index (κ1) is 9.80. The zero-order chi connectivity index (χ0) is 9.84. The molecule has 0 atom stereocenters. The normalized spacial score (nSPS) is 11.5. The van der Waals surface area contributed by atoms with Gasteiger partial charge in [-0.25, -0.2) is 4.39 Å². The summed E-state index contributed by atoms with van der Waals surface area (Å²) in [5.74, 6) is -0.601. The first-order valence-corrected chi connectivity index (χ1v) is 3.85. The Morgan fingerprint density at radius 2 is 2.31 bits per heavy atom. The first-order valence-electron chi connectivity index (χ1n) is 3.48. The van der Waals surface area contributed by atoms with Crippen molar-refractivity contribution in [2.24, 2.45) is 10.9 Å². The topological polar surface area (TPSA) is 47.6 Å². The molecule has 2 N–H and O–H groups in total. The van der Waals surface area contributed by atoms with Gasteiger partial charge in [-0.1, -0.05) is 22.8 Å². The molecule has 0 saturated carbocycles. The summed E-state index contributed by atoms with van der Waals surface area (Å²) in [6, 6.07) is 4.26. The fraction of sp³-hybridized carbons (Fsp3) is 0.125. The van der Waals surface area contributed by atoms with E-state index in [1.807, 2.05) is 0 Å². The van der Waals surface area contributed by atoms with Crippen molar-refractivity contribution >= 4 is 17.4 Å². The molecule has 0 aliphatic carbocycles. The van der Waals surface area contributed by atoms with Crippen LogP contribution in [-0.2, 0) is 4.84 Å². The van der Waals surface area contributed by atoms with Gasteiger partial charge in [-0.15, -0.1) is 0 Å². The summed E-state index contributed by atoms with van der Waals surface area (Å²) in [7, 11) is 1.32. The summed E-state index contributed by atoms with van der Waals surface area (Å²) in [6.07, 6.45) is 0.